The van der Waals surface area contributed by atoms with Crippen LogP contribution in [-0.4, -0.2) is 182 Å². The molecule has 0 aliphatic carbocycles. The van der Waals surface area contributed by atoms with E-state index in [0.717, 1.165) is 130 Å². The SMILES string of the molecule is CCN(c1cc(-c2ccc(CN3CCN(CC(=O)NCCN4CCN(CCNc5cccc6c5C(=O)N(C5CCC(=O)NC5=O)C6=O)CC4)CC3)cc2)cc(C(=O)NCc2c(C)cc(C)[nH]c2=O)c1C)C1CCOCC1. The number of carbonyl (C=O) groups is 6. The third-order valence-corrected chi connectivity index (χ3v) is 15.8. The summed E-state index contributed by atoms with van der Waals surface area (Å²) in [6, 6.07) is 19.1. The molecule has 0 spiro atoms. The van der Waals surface area contributed by atoms with Gasteiger partial charge in [0.2, 0.25) is 17.7 Å². The summed E-state index contributed by atoms with van der Waals surface area (Å²) < 4.78 is 5.71. The second-order valence-electron chi connectivity index (χ2n) is 20.8. The number of nitrogens with zero attached hydrogens (tertiary/aromatic N) is 6. The van der Waals surface area contributed by atoms with E-state index < -0.39 is 29.7 Å². The molecule has 19 nitrogen and oxygen atoms in total. The summed E-state index contributed by atoms with van der Waals surface area (Å²) in [5.74, 6) is -2.26. The fourth-order valence-electron chi connectivity index (χ4n) is 11.4. The molecule has 9 rings (SSSR count). The lowest BCUT2D eigenvalue weighted by Crippen LogP contribution is -2.54. The van der Waals surface area contributed by atoms with E-state index in [9.17, 15) is 33.6 Å². The number of imide groups is 2. The zero-order chi connectivity index (χ0) is 53.5. The minimum Gasteiger partial charge on any atom is -0.383 e. The molecule has 404 valence electrons. The molecule has 4 fully saturated rings. The highest BCUT2D eigenvalue weighted by Gasteiger charge is 2.45. The fourth-order valence-corrected chi connectivity index (χ4v) is 11.4. The Kier molecular flexibility index (Phi) is 17.4. The quantitative estimate of drug-likeness (QED) is 0.0855. The van der Waals surface area contributed by atoms with Crippen LogP contribution in [0.2, 0.25) is 0 Å². The maximum Gasteiger partial charge on any atom is 0.264 e. The number of amides is 6. The molecule has 6 heterocycles. The number of fused-ring (bicyclic) bond motifs is 1. The lowest BCUT2D eigenvalue weighted by molar-refractivity contribution is -0.136. The number of benzene rings is 3. The number of hydrogen-bond acceptors (Lipinski definition) is 14. The van der Waals surface area contributed by atoms with Crippen molar-refractivity contribution in [2.24, 2.45) is 0 Å². The molecule has 19 heteroatoms. The van der Waals surface area contributed by atoms with Crippen LogP contribution in [0.5, 0.6) is 0 Å². The van der Waals surface area contributed by atoms with Crippen molar-refractivity contribution in [3.8, 4) is 11.1 Å². The lowest BCUT2D eigenvalue weighted by Gasteiger charge is -2.37. The van der Waals surface area contributed by atoms with Gasteiger partial charge in [-0.3, -0.25) is 63.4 Å². The van der Waals surface area contributed by atoms with Crippen LogP contribution >= 0.6 is 0 Å². The Balaban J connectivity index is 0.701. The summed E-state index contributed by atoms with van der Waals surface area (Å²) in [4.78, 5) is 106. The molecule has 0 saturated carbocycles. The number of piperidine rings is 1. The van der Waals surface area contributed by atoms with E-state index in [1.165, 1.54) is 5.56 Å². The molecule has 5 aliphatic rings. The number of piperazine rings is 2. The van der Waals surface area contributed by atoms with Crippen molar-refractivity contribution in [1.82, 2.24) is 45.4 Å². The van der Waals surface area contributed by atoms with E-state index in [0.29, 0.717) is 55.7 Å². The van der Waals surface area contributed by atoms with E-state index in [1.807, 2.05) is 32.9 Å². The highest BCUT2D eigenvalue weighted by atomic mass is 16.5. The van der Waals surface area contributed by atoms with Crippen LogP contribution in [0.25, 0.3) is 11.1 Å². The average molecular weight is 1040 g/mol. The Hall–Kier alpha value is -6.77. The van der Waals surface area contributed by atoms with Crippen molar-refractivity contribution in [1.29, 1.82) is 0 Å². The van der Waals surface area contributed by atoms with Gasteiger partial charge >= 0.3 is 0 Å². The van der Waals surface area contributed by atoms with Crippen molar-refractivity contribution in [3.05, 3.63) is 116 Å². The van der Waals surface area contributed by atoms with Crippen LogP contribution in [0, 0.1) is 20.8 Å². The zero-order valence-corrected chi connectivity index (χ0v) is 44.4. The molecule has 0 bridgehead atoms. The van der Waals surface area contributed by atoms with Gasteiger partial charge in [-0.25, -0.2) is 0 Å². The van der Waals surface area contributed by atoms with E-state index in [1.54, 1.807) is 18.2 Å². The Morgan fingerprint density at radius 2 is 1.43 bits per heavy atom. The molecule has 5 aliphatic heterocycles. The molecule has 4 saturated heterocycles. The number of rotatable bonds is 19. The highest BCUT2D eigenvalue weighted by molar-refractivity contribution is 6.25. The molecular weight excluding hydrogens is 967 g/mol. The molecule has 6 amide bonds. The molecule has 1 atom stereocenters. The monoisotopic (exact) mass is 1040 g/mol. The molecule has 76 heavy (non-hydrogen) atoms. The maximum absolute atomic E-state index is 14.0. The summed E-state index contributed by atoms with van der Waals surface area (Å²) in [5.41, 5.74) is 8.77. The topological polar surface area (TPSA) is 212 Å². The van der Waals surface area contributed by atoms with Crippen LogP contribution in [-0.2, 0) is 32.2 Å². The van der Waals surface area contributed by atoms with Crippen LogP contribution in [0.3, 0.4) is 0 Å². The molecule has 4 aromatic rings. The third-order valence-electron chi connectivity index (χ3n) is 15.8. The number of aromatic amines is 1. The van der Waals surface area contributed by atoms with Crippen LogP contribution in [0.15, 0.2) is 65.5 Å². The van der Waals surface area contributed by atoms with E-state index in [-0.39, 0.29) is 47.9 Å². The minimum atomic E-state index is -1.01. The van der Waals surface area contributed by atoms with Crippen molar-refractivity contribution >= 4 is 46.8 Å². The Bertz CT molecular complexity index is 2870. The van der Waals surface area contributed by atoms with Gasteiger partial charge in [-0.2, -0.15) is 0 Å². The number of aryl methyl sites for hydroxylation is 2. The van der Waals surface area contributed by atoms with Gasteiger partial charge in [-0.05, 0) is 105 Å². The first-order chi connectivity index (χ1) is 36.7. The molecule has 0 radical (unpaired) electrons. The summed E-state index contributed by atoms with van der Waals surface area (Å²) in [6.07, 6.45) is 2.03. The van der Waals surface area contributed by atoms with Gasteiger partial charge in [-0.1, -0.05) is 30.3 Å². The number of H-pyrrole nitrogens is 1. The fraction of sp³-hybridized carbons (Fsp3) is 0.491. The first-order valence-corrected chi connectivity index (χ1v) is 27.0. The maximum atomic E-state index is 14.0. The predicted molar refractivity (Wildman–Crippen MR) is 290 cm³/mol. The summed E-state index contributed by atoms with van der Waals surface area (Å²) in [6.45, 7) is 20.9. The molecule has 1 aromatic heterocycles. The Morgan fingerprint density at radius 3 is 2.12 bits per heavy atom. The van der Waals surface area contributed by atoms with Crippen molar-refractivity contribution in [2.75, 3.05) is 115 Å². The van der Waals surface area contributed by atoms with Crippen LogP contribution in [0.1, 0.15) is 91.6 Å². The number of nitrogens with one attached hydrogen (secondary N) is 5. The van der Waals surface area contributed by atoms with Crippen LogP contribution in [0.4, 0.5) is 11.4 Å². The molecule has 1 unspecified atom stereocenters. The lowest BCUT2D eigenvalue weighted by atomic mass is 9.94. The largest absolute Gasteiger partial charge is 0.383 e. The number of anilines is 2. The second-order valence-corrected chi connectivity index (χ2v) is 20.8. The standard InChI is InChI=1S/C57H73N11O8/c1-5-67(43-15-29-76-30-16-43)49-33-42(32-45(39(49)4)53(71)60-34-46-37(2)31-38(3)61-54(46)72)41-11-9-40(10-12-41)35-65-25-27-66(28-26-65)36-51(70)59-18-20-64-23-21-63(22-24-64)19-17-58-47-8-6-7-44-52(47)57(75)68(56(44)74)48-13-14-50(69)62-55(48)73/h6-12,31-33,43,48,58H,5,13-30,34-36H2,1-4H3,(H,59,70)(H,60,71)(H,61,72)(H,62,69,73). The van der Waals surface area contributed by atoms with Crippen molar-refractivity contribution in [3.63, 3.8) is 0 Å². The minimum absolute atomic E-state index is 0.0351. The van der Waals surface area contributed by atoms with Gasteiger partial charge in [0.05, 0.1) is 17.7 Å². The summed E-state index contributed by atoms with van der Waals surface area (Å²) >= 11 is 0. The smallest absolute Gasteiger partial charge is 0.264 e. The first-order valence-electron chi connectivity index (χ1n) is 27.0. The highest BCUT2D eigenvalue weighted by Crippen LogP contribution is 2.35. The molecule has 3 aromatic carbocycles. The number of aromatic nitrogens is 1. The number of pyridine rings is 1. The second kappa shape index (κ2) is 24.5. The summed E-state index contributed by atoms with van der Waals surface area (Å²) in [5, 5.41) is 11.8. The average Bonchev–Trinajstić information content (AvgIpc) is 3.69. The third kappa shape index (κ3) is 12.6. The van der Waals surface area contributed by atoms with Crippen molar-refractivity contribution in [2.45, 2.75) is 78.6 Å². The van der Waals surface area contributed by atoms with Gasteiger partial charge in [-0.15, -0.1) is 0 Å². The van der Waals surface area contributed by atoms with Crippen molar-refractivity contribution < 1.29 is 33.5 Å². The summed E-state index contributed by atoms with van der Waals surface area (Å²) in [7, 11) is 0. The number of hydrogen-bond donors (Lipinski definition) is 5. The Morgan fingerprint density at radius 1 is 0.750 bits per heavy atom. The number of ether oxygens (including phenoxy) is 1. The van der Waals surface area contributed by atoms with Gasteiger partial charge in [0.1, 0.15) is 6.04 Å². The zero-order valence-electron chi connectivity index (χ0n) is 44.4. The predicted octanol–water partition coefficient (Wildman–Crippen LogP) is 3.27. The van der Waals surface area contributed by atoms with Gasteiger partial charge in [0, 0.05) is 152 Å². The van der Waals surface area contributed by atoms with Gasteiger partial charge in [0.25, 0.3) is 23.3 Å². The van der Waals surface area contributed by atoms with E-state index in [2.05, 4.69) is 88.0 Å². The number of carbonyl (C=O) groups excluding carboxylic acids is 6. The van der Waals surface area contributed by atoms with Gasteiger partial charge < -0.3 is 30.6 Å². The Labute approximate surface area is 444 Å². The first kappa shape index (κ1) is 54.0. The van der Waals surface area contributed by atoms with E-state index >= 15 is 0 Å². The normalized spacial score (nSPS) is 19.2. The van der Waals surface area contributed by atoms with Crippen LogP contribution < -0.4 is 31.7 Å². The molecule has 5 N–H and O–H groups in total. The van der Waals surface area contributed by atoms with Gasteiger partial charge in [0.15, 0.2) is 0 Å². The van der Waals surface area contributed by atoms with E-state index in [4.69, 9.17) is 4.74 Å². The molecular formula is C57H73N11O8.